The zero-order valence-corrected chi connectivity index (χ0v) is 14.5. The van der Waals surface area contributed by atoms with E-state index < -0.39 is 0 Å². The monoisotopic (exact) mass is 368 g/mol. The molecule has 0 radical (unpaired) electrons. The fourth-order valence-corrected chi connectivity index (χ4v) is 2.78. The zero-order chi connectivity index (χ0) is 18.8. The summed E-state index contributed by atoms with van der Waals surface area (Å²) in [5.74, 6) is 1.13. The number of amides is 1. The van der Waals surface area contributed by atoms with Crippen LogP contribution in [0.25, 0.3) is 0 Å². The molecule has 1 atom stereocenters. The predicted molar refractivity (Wildman–Crippen MR) is 96.1 cm³/mol. The molecule has 0 fully saturated rings. The van der Waals surface area contributed by atoms with Gasteiger partial charge in [0.25, 0.3) is 5.91 Å². The van der Waals surface area contributed by atoms with Gasteiger partial charge in [-0.2, -0.15) is 4.98 Å². The largest absolute Gasteiger partial charge is 0.482 e. The van der Waals surface area contributed by atoms with Crippen LogP contribution in [-0.4, -0.2) is 22.7 Å². The van der Waals surface area contributed by atoms with E-state index in [0.717, 1.165) is 11.3 Å². The third kappa shape index (κ3) is 3.89. The van der Waals surface area contributed by atoms with Crippen LogP contribution in [0.4, 0.5) is 15.8 Å². The number of rotatable bonds is 5. The number of nitrogens with one attached hydrogen (secondary N) is 2. The van der Waals surface area contributed by atoms with E-state index in [0.29, 0.717) is 29.6 Å². The number of benzene rings is 2. The van der Waals surface area contributed by atoms with Gasteiger partial charge in [0, 0.05) is 18.2 Å². The van der Waals surface area contributed by atoms with Crippen LogP contribution in [0.5, 0.6) is 5.75 Å². The first-order valence-corrected chi connectivity index (χ1v) is 8.47. The predicted octanol–water partition coefficient (Wildman–Crippen LogP) is 3.30. The molecule has 7 nitrogen and oxygen atoms in total. The number of ether oxygens (including phenoxy) is 1. The summed E-state index contributed by atoms with van der Waals surface area (Å²) in [6.07, 6.45) is 0.461. The van der Waals surface area contributed by atoms with Gasteiger partial charge in [-0.05, 0) is 36.8 Å². The number of anilines is 2. The lowest BCUT2D eigenvalue weighted by Gasteiger charge is -2.19. The van der Waals surface area contributed by atoms with E-state index in [2.05, 4.69) is 20.8 Å². The van der Waals surface area contributed by atoms with E-state index >= 15 is 0 Å². The number of carbonyl (C=O) groups is 1. The van der Waals surface area contributed by atoms with Gasteiger partial charge in [0.1, 0.15) is 17.6 Å². The summed E-state index contributed by atoms with van der Waals surface area (Å²) < 4.78 is 23.7. The maximum atomic E-state index is 13.0. The normalized spacial score (nSPS) is 14.1. The van der Waals surface area contributed by atoms with Crippen molar-refractivity contribution in [2.75, 3.05) is 17.2 Å². The van der Waals surface area contributed by atoms with Gasteiger partial charge >= 0.3 is 0 Å². The molecule has 1 aromatic heterocycles. The Labute approximate surface area is 154 Å². The third-order valence-electron chi connectivity index (χ3n) is 4.13. The smallest absolute Gasteiger partial charge is 0.262 e. The van der Waals surface area contributed by atoms with Crippen LogP contribution in [0.2, 0.25) is 0 Å². The van der Waals surface area contributed by atoms with E-state index in [9.17, 15) is 9.18 Å². The molecule has 0 bridgehead atoms. The first-order valence-electron chi connectivity index (χ1n) is 8.47. The van der Waals surface area contributed by atoms with Crippen molar-refractivity contribution in [3.8, 4) is 5.75 Å². The van der Waals surface area contributed by atoms with Crippen LogP contribution in [0.3, 0.4) is 0 Å². The fourth-order valence-electron chi connectivity index (χ4n) is 2.78. The molecule has 4 rings (SSSR count). The van der Waals surface area contributed by atoms with Crippen molar-refractivity contribution >= 4 is 17.3 Å². The van der Waals surface area contributed by atoms with Gasteiger partial charge in [-0.1, -0.05) is 17.3 Å². The third-order valence-corrected chi connectivity index (χ3v) is 4.13. The Morgan fingerprint density at radius 2 is 2.07 bits per heavy atom. The Balaban J connectivity index is 1.43. The number of aromatic nitrogens is 2. The van der Waals surface area contributed by atoms with E-state index in [1.807, 2.05) is 13.0 Å². The standard InChI is InChI=1S/C19H17FN4O3/c1-11(21-14-6-7-15-16(9-14)26-10-18(25)22-15)19-23-17(24-27-19)8-12-2-4-13(20)5-3-12/h2-7,9,11,21H,8,10H2,1H3,(H,22,25). The topological polar surface area (TPSA) is 89.3 Å². The fraction of sp³-hybridized carbons (Fsp3) is 0.211. The molecule has 0 spiro atoms. The first kappa shape index (κ1) is 17.0. The summed E-state index contributed by atoms with van der Waals surface area (Å²) >= 11 is 0. The second kappa shape index (κ2) is 7.06. The van der Waals surface area contributed by atoms with Gasteiger partial charge in [-0.25, -0.2) is 4.39 Å². The highest BCUT2D eigenvalue weighted by Gasteiger charge is 2.18. The maximum Gasteiger partial charge on any atom is 0.262 e. The Hall–Kier alpha value is -3.42. The molecule has 2 N–H and O–H groups in total. The van der Waals surface area contributed by atoms with E-state index in [1.165, 1.54) is 12.1 Å². The Morgan fingerprint density at radius 1 is 1.26 bits per heavy atom. The number of hydrogen-bond acceptors (Lipinski definition) is 6. The number of nitrogens with zero attached hydrogens (tertiary/aromatic N) is 2. The molecule has 27 heavy (non-hydrogen) atoms. The quantitative estimate of drug-likeness (QED) is 0.718. The number of hydrogen-bond donors (Lipinski definition) is 2. The molecule has 2 heterocycles. The average molecular weight is 368 g/mol. The maximum absolute atomic E-state index is 13.0. The Morgan fingerprint density at radius 3 is 2.89 bits per heavy atom. The Bertz CT molecular complexity index is 971. The van der Waals surface area contributed by atoms with Gasteiger partial charge in [-0.15, -0.1) is 0 Å². The summed E-state index contributed by atoms with van der Waals surface area (Å²) in [4.78, 5) is 15.7. The minimum absolute atomic E-state index is 0.00239. The second-order valence-electron chi connectivity index (χ2n) is 6.27. The van der Waals surface area contributed by atoms with Gasteiger partial charge < -0.3 is 19.9 Å². The molecular weight excluding hydrogens is 351 g/mol. The molecular formula is C19H17FN4O3. The number of halogens is 1. The highest BCUT2D eigenvalue weighted by atomic mass is 19.1. The van der Waals surface area contributed by atoms with Crippen LogP contribution in [-0.2, 0) is 11.2 Å². The number of carbonyl (C=O) groups excluding carboxylic acids is 1. The van der Waals surface area contributed by atoms with Crippen LogP contribution < -0.4 is 15.4 Å². The number of fused-ring (bicyclic) bond motifs is 1. The summed E-state index contributed by atoms with van der Waals surface area (Å²) in [5, 5.41) is 9.99. The lowest BCUT2D eigenvalue weighted by Crippen LogP contribution is -2.25. The molecule has 1 aliphatic heterocycles. The van der Waals surface area contributed by atoms with Crippen molar-refractivity contribution in [3.05, 3.63) is 65.6 Å². The van der Waals surface area contributed by atoms with Gasteiger partial charge in [-0.3, -0.25) is 4.79 Å². The van der Waals surface area contributed by atoms with E-state index in [4.69, 9.17) is 9.26 Å². The summed E-state index contributed by atoms with van der Waals surface area (Å²) in [6, 6.07) is 11.4. The summed E-state index contributed by atoms with van der Waals surface area (Å²) in [7, 11) is 0. The molecule has 2 aromatic carbocycles. The zero-order valence-electron chi connectivity index (χ0n) is 14.5. The summed E-state index contributed by atoms with van der Waals surface area (Å²) in [5.41, 5.74) is 2.35. The van der Waals surface area contributed by atoms with Crippen LogP contribution >= 0.6 is 0 Å². The molecule has 1 unspecified atom stereocenters. The lowest BCUT2D eigenvalue weighted by atomic mass is 10.1. The minimum Gasteiger partial charge on any atom is -0.482 e. The van der Waals surface area contributed by atoms with Gasteiger partial charge in [0.2, 0.25) is 5.89 Å². The van der Waals surface area contributed by atoms with E-state index in [-0.39, 0.29) is 24.4 Å². The highest BCUT2D eigenvalue weighted by molar-refractivity contribution is 5.95. The van der Waals surface area contributed by atoms with Crippen molar-refractivity contribution in [1.82, 2.24) is 10.1 Å². The Kier molecular flexibility index (Phi) is 4.45. The average Bonchev–Trinajstić information content (AvgIpc) is 3.12. The van der Waals surface area contributed by atoms with E-state index in [1.54, 1.807) is 24.3 Å². The first-order chi connectivity index (χ1) is 13.1. The van der Waals surface area contributed by atoms with Crippen molar-refractivity contribution in [1.29, 1.82) is 0 Å². The summed E-state index contributed by atoms with van der Waals surface area (Å²) in [6.45, 7) is 1.90. The highest BCUT2D eigenvalue weighted by Crippen LogP contribution is 2.31. The van der Waals surface area contributed by atoms with Crippen molar-refractivity contribution < 1.29 is 18.4 Å². The lowest BCUT2D eigenvalue weighted by molar-refractivity contribution is -0.118. The SMILES string of the molecule is CC(Nc1ccc2c(c1)OCC(=O)N2)c1nc(Cc2ccc(F)cc2)no1. The molecule has 1 amide bonds. The van der Waals surface area contributed by atoms with Crippen LogP contribution in [0.1, 0.15) is 30.2 Å². The molecule has 0 saturated heterocycles. The van der Waals surface area contributed by atoms with Crippen LogP contribution in [0, 0.1) is 5.82 Å². The molecule has 0 saturated carbocycles. The molecule has 0 aliphatic carbocycles. The van der Waals surface area contributed by atoms with Crippen molar-refractivity contribution in [2.24, 2.45) is 0 Å². The van der Waals surface area contributed by atoms with Gasteiger partial charge in [0.05, 0.1) is 5.69 Å². The van der Waals surface area contributed by atoms with Crippen molar-refractivity contribution in [2.45, 2.75) is 19.4 Å². The van der Waals surface area contributed by atoms with Gasteiger partial charge in [0.15, 0.2) is 12.4 Å². The molecule has 8 heteroatoms. The molecule has 1 aliphatic rings. The second-order valence-corrected chi connectivity index (χ2v) is 6.27. The van der Waals surface area contributed by atoms with Crippen molar-refractivity contribution in [3.63, 3.8) is 0 Å². The van der Waals surface area contributed by atoms with Crippen LogP contribution in [0.15, 0.2) is 47.0 Å². The molecule has 138 valence electrons. The molecule has 3 aromatic rings. The minimum atomic E-state index is -0.279.